The van der Waals surface area contributed by atoms with Crippen LogP contribution in [-0.4, -0.2) is 32.7 Å². The number of aryl methyl sites for hydroxylation is 1. The van der Waals surface area contributed by atoms with Crippen LogP contribution in [0.25, 0.3) is 6.08 Å². The van der Waals surface area contributed by atoms with Crippen LogP contribution in [0.1, 0.15) is 25.0 Å². The molecule has 1 aliphatic heterocycles. The van der Waals surface area contributed by atoms with E-state index >= 15 is 0 Å². The SMILES string of the molecule is O=C(O)CCn1ccc(C=C2CC(S)CCN2)n1. The van der Waals surface area contributed by atoms with Crippen LogP contribution >= 0.6 is 12.6 Å². The summed E-state index contributed by atoms with van der Waals surface area (Å²) in [6.07, 6.45) is 5.89. The molecule has 6 heteroatoms. The Balaban J connectivity index is 1.97. The minimum atomic E-state index is -0.808. The first-order valence-electron chi connectivity index (χ1n) is 6.01. The van der Waals surface area contributed by atoms with Crippen molar-refractivity contribution in [3.8, 4) is 0 Å². The zero-order valence-electron chi connectivity index (χ0n) is 10.0. The average molecular weight is 267 g/mol. The van der Waals surface area contributed by atoms with Gasteiger partial charge in [-0.05, 0) is 25.0 Å². The van der Waals surface area contributed by atoms with Crippen LogP contribution in [0.15, 0.2) is 18.0 Å². The summed E-state index contributed by atoms with van der Waals surface area (Å²) in [7, 11) is 0. The lowest BCUT2D eigenvalue weighted by molar-refractivity contribution is -0.137. The van der Waals surface area contributed by atoms with E-state index in [1.54, 1.807) is 10.9 Å². The Morgan fingerprint density at radius 1 is 1.72 bits per heavy atom. The Kier molecular flexibility index (Phi) is 4.30. The zero-order valence-corrected chi connectivity index (χ0v) is 10.9. The number of thiol groups is 1. The average Bonchev–Trinajstić information content (AvgIpc) is 2.74. The third-order valence-electron chi connectivity index (χ3n) is 2.82. The topological polar surface area (TPSA) is 67.2 Å². The number of nitrogens with one attached hydrogen (secondary N) is 1. The van der Waals surface area contributed by atoms with Gasteiger partial charge in [0, 0.05) is 23.7 Å². The second-order valence-corrected chi connectivity index (χ2v) is 5.12. The number of carboxylic acid groups (broad SMARTS) is 1. The largest absolute Gasteiger partial charge is 0.481 e. The van der Waals surface area contributed by atoms with E-state index in [1.807, 2.05) is 12.1 Å². The molecule has 1 aliphatic rings. The van der Waals surface area contributed by atoms with Crippen molar-refractivity contribution in [2.24, 2.45) is 0 Å². The molecule has 18 heavy (non-hydrogen) atoms. The van der Waals surface area contributed by atoms with Crippen molar-refractivity contribution in [3.63, 3.8) is 0 Å². The van der Waals surface area contributed by atoms with Gasteiger partial charge in [0.25, 0.3) is 0 Å². The minimum Gasteiger partial charge on any atom is -0.481 e. The van der Waals surface area contributed by atoms with E-state index in [4.69, 9.17) is 5.11 Å². The van der Waals surface area contributed by atoms with E-state index in [0.29, 0.717) is 11.8 Å². The number of aromatic nitrogens is 2. The molecule has 0 radical (unpaired) electrons. The number of piperidine rings is 1. The van der Waals surface area contributed by atoms with Crippen LogP contribution in [0.3, 0.4) is 0 Å². The highest BCUT2D eigenvalue weighted by Crippen LogP contribution is 2.18. The second-order valence-electron chi connectivity index (χ2n) is 4.39. The molecule has 1 aromatic rings. The van der Waals surface area contributed by atoms with E-state index in [9.17, 15) is 4.79 Å². The van der Waals surface area contributed by atoms with Crippen LogP contribution in [0.4, 0.5) is 0 Å². The Bertz CT molecular complexity index is 456. The van der Waals surface area contributed by atoms with Crippen molar-refractivity contribution >= 4 is 24.7 Å². The first-order valence-corrected chi connectivity index (χ1v) is 6.53. The smallest absolute Gasteiger partial charge is 0.305 e. The number of hydrogen-bond donors (Lipinski definition) is 3. The highest BCUT2D eigenvalue weighted by Gasteiger charge is 2.12. The predicted octanol–water partition coefficient (Wildman–Crippen LogP) is 1.38. The summed E-state index contributed by atoms with van der Waals surface area (Å²) in [6, 6.07) is 1.89. The summed E-state index contributed by atoms with van der Waals surface area (Å²) in [5, 5.41) is 16.6. The third-order valence-corrected chi connectivity index (χ3v) is 3.26. The van der Waals surface area contributed by atoms with Crippen molar-refractivity contribution < 1.29 is 9.90 Å². The van der Waals surface area contributed by atoms with Crippen molar-refractivity contribution in [1.29, 1.82) is 0 Å². The van der Waals surface area contributed by atoms with E-state index in [0.717, 1.165) is 30.8 Å². The Morgan fingerprint density at radius 2 is 2.56 bits per heavy atom. The van der Waals surface area contributed by atoms with E-state index in [1.165, 1.54) is 0 Å². The molecular formula is C12H17N3O2S. The van der Waals surface area contributed by atoms with Gasteiger partial charge in [0.1, 0.15) is 0 Å². The summed E-state index contributed by atoms with van der Waals surface area (Å²) >= 11 is 4.48. The summed E-state index contributed by atoms with van der Waals surface area (Å²) in [5.41, 5.74) is 2.00. The van der Waals surface area contributed by atoms with E-state index in [2.05, 4.69) is 23.0 Å². The molecule has 0 bridgehead atoms. The molecule has 0 aromatic carbocycles. The minimum absolute atomic E-state index is 0.0919. The predicted molar refractivity (Wildman–Crippen MR) is 72.5 cm³/mol. The number of nitrogens with zero attached hydrogens (tertiary/aromatic N) is 2. The van der Waals surface area contributed by atoms with Crippen LogP contribution in [0.5, 0.6) is 0 Å². The van der Waals surface area contributed by atoms with Crippen molar-refractivity contribution in [1.82, 2.24) is 15.1 Å². The molecule has 1 atom stereocenters. The Hall–Kier alpha value is -1.43. The number of rotatable bonds is 4. The van der Waals surface area contributed by atoms with Crippen molar-refractivity contribution in [2.75, 3.05) is 6.54 Å². The summed E-state index contributed by atoms with van der Waals surface area (Å²) in [5.74, 6) is -0.808. The third kappa shape index (κ3) is 3.80. The van der Waals surface area contributed by atoms with Crippen molar-refractivity contribution in [2.45, 2.75) is 31.1 Å². The molecule has 1 fully saturated rings. The molecule has 0 aliphatic carbocycles. The number of allylic oxidation sites excluding steroid dienone is 1. The first-order chi connectivity index (χ1) is 8.63. The monoisotopic (exact) mass is 267 g/mol. The second kappa shape index (κ2) is 5.95. The van der Waals surface area contributed by atoms with Crippen LogP contribution in [0, 0.1) is 0 Å². The van der Waals surface area contributed by atoms with Gasteiger partial charge in [-0.1, -0.05) is 0 Å². The Labute approximate surface area is 111 Å². The molecule has 1 aromatic heterocycles. The number of carbonyl (C=O) groups is 1. The lowest BCUT2D eigenvalue weighted by Crippen LogP contribution is -2.26. The highest BCUT2D eigenvalue weighted by atomic mass is 32.1. The summed E-state index contributed by atoms with van der Waals surface area (Å²) in [6.45, 7) is 1.35. The quantitative estimate of drug-likeness (QED) is 0.721. The first kappa shape index (κ1) is 13.0. The fourth-order valence-electron chi connectivity index (χ4n) is 1.90. The van der Waals surface area contributed by atoms with Gasteiger partial charge in [0.05, 0.1) is 18.7 Å². The van der Waals surface area contributed by atoms with Gasteiger partial charge in [-0.15, -0.1) is 0 Å². The lowest BCUT2D eigenvalue weighted by Gasteiger charge is -2.21. The molecule has 1 unspecified atom stereocenters. The molecule has 0 saturated carbocycles. The molecule has 2 rings (SSSR count). The van der Waals surface area contributed by atoms with E-state index in [-0.39, 0.29) is 6.42 Å². The summed E-state index contributed by atoms with van der Waals surface area (Å²) in [4.78, 5) is 10.5. The van der Waals surface area contributed by atoms with Crippen molar-refractivity contribution in [3.05, 3.63) is 23.7 Å². The normalized spacial score (nSPS) is 21.8. The van der Waals surface area contributed by atoms with E-state index < -0.39 is 5.97 Å². The molecule has 2 N–H and O–H groups in total. The molecule has 0 amide bonds. The number of carboxylic acids is 1. The van der Waals surface area contributed by atoms with Gasteiger partial charge in [0.2, 0.25) is 0 Å². The number of hydrogen-bond acceptors (Lipinski definition) is 4. The fraction of sp³-hybridized carbons (Fsp3) is 0.500. The molecular weight excluding hydrogens is 250 g/mol. The van der Waals surface area contributed by atoms with Crippen LogP contribution in [0.2, 0.25) is 0 Å². The molecule has 5 nitrogen and oxygen atoms in total. The van der Waals surface area contributed by atoms with Gasteiger partial charge < -0.3 is 10.4 Å². The van der Waals surface area contributed by atoms with Gasteiger partial charge >= 0.3 is 5.97 Å². The van der Waals surface area contributed by atoms with Crippen LogP contribution in [-0.2, 0) is 11.3 Å². The fourth-order valence-corrected chi connectivity index (χ4v) is 2.23. The van der Waals surface area contributed by atoms with Gasteiger partial charge in [-0.25, -0.2) is 0 Å². The highest BCUT2D eigenvalue weighted by molar-refractivity contribution is 7.80. The number of aliphatic carboxylic acids is 1. The zero-order chi connectivity index (χ0) is 13.0. The van der Waals surface area contributed by atoms with Gasteiger partial charge in [0.15, 0.2) is 0 Å². The Morgan fingerprint density at radius 3 is 3.28 bits per heavy atom. The van der Waals surface area contributed by atoms with Gasteiger partial charge in [-0.3, -0.25) is 9.48 Å². The maximum Gasteiger partial charge on any atom is 0.305 e. The molecule has 1 saturated heterocycles. The van der Waals surface area contributed by atoms with Crippen LogP contribution < -0.4 is 5.32 Å². The van der Waals surface area contributed by atoms with Gasteiger partial charge in [-0.2, -0.15) is 17.7 Å². The summed E-state index contributed by atoms with van der Waals surface area (Å²) < 4.78 is 1.65. The maximum absolute atomic E-state index is 10.5. The lowest BCUT2D eigenvalue weighted by atomic mass is 10.1. The maximum atomic E-state index is 10.5. The molecule has 98 valence electrons. The molecule has 0 spiro atoms. The standard InChI is InChI=1S/C12H17N3O2S/c16-12(17)3-6-15-5-2-9(14-15)7-10-8-11(18)1-4-13-10/h2,5,7,11,13,18H,1,3-4,6,8H2,(H,16,17). The molecule has 2 heterocycles.